The Bertz CT molecular complexity index is 304. The summed E-state index contributed by atoms with van der Waals surface area (Å²) in [6, 6.07) is 0. The lowest BCUT2D eigenvalue weighted by Gasteiger charge is -2.18. The third-order valence-electron chi connectivity index (χ3n) is 2.91. The maximum absolute atomic E-state index is 11.8. The lowest BCUT2D eigenvalue weighted by Crippen LogP contribution is -2.35. The predicted molar refractivity (Wildman–Crippen MR) is 57.7 cm³/mol. The van der Waals surface area contributed by atoms with E-state index < -0.39 is 17.8 Å². The lowest BCUT2D eigenvalue weighted by atomic mass is 9.85. The summed E-state index contributed by atoms with van der Waals surface area (Å²) in [5.41, 5.74) is 0. The summed E-state index contributed by atoms with van der Waals surface area (Å²) in [5, 5.41) is 0. The molecule has 1 aliphatic rings. The zero-order valence-corrected chi connectivity index (χ0v) is 9.99. The Kier molecular flexibility index (Phi) is 4.21. The molecule has 0 aromatic carbocycles. The Morgan fingerprint density at radius 1 is 1.31 bits per heavy atom. The maximum atomic E-state index is 11.8. The summed E-state index contributed by atoms with van der Waals surface area (Å²) in [6.07, 6.45) is 1.77. The summed E-state index contributed by atoms with van der Waals surface area (Å²) in [5.74, 6) is -2.26. The van der Waals surface area contributed by atoms with Crippen LogP contribution in [0.4, 0.5) is 0 Å². The third-order valence-corrected chi connectivity index (χ3v) is 2.91. The van der Waals surface area contributed by atoms with Crippen molar-refractivity contribution < 1.29 is 19.1 Å². The van der Waals surface area contributed by atoms with Crippen LogP contribution >= 0.6 is 0 Å². The van der Waals surface area contributed by atoms with Crippen LogP contribution < -0.4 is 0 Å². The molecule has 0 aliphatic heterocycles. The fraction of sp³-hybridized carbons (Fsp3) is 0.750. The molecule has 90 valence electrons. The molecular formula is C12H18O4. The quantitative estimate of drug-likeness (QED) is 0.507. The number of rotatable bonds is 6. The van der Waals surface area contributed by atoms with E-state index >= 15 is 0 Å². The van der Waals surface area contributed by atoms with E-state index in [9.17, 15) is 14.4 Å². The van der Waals surface area contributed by atoms with Crippen LogP contribution in [0.2, 0.25) is 0 Å². The second-order valence-corrected chi connectivity index (χ2v) is 4.31. The molecule has 0 heterocycles. The van der Waals surface area contributed by atoms with Gasteiger partial charge in [-0.25, -0.2) is 0 Å². The standard InChI is InChI=1S/C12H18O4/c1-4-16-12(15)10(8(3)13)7(2)11(14)9-5-6-9/h7,9-10H,4-6H2,1-3H3/t7-,10+/m1/s1. The van der Waals surface area contributed by atoms with Crippen LogP contribution in [0.3, 0.4) is 0 Å². The molecule has 0 amide bonds. The first kappa shape index (κ1) is 12.9. The van der Waals surface area contributed by atoms with Crippen LogP contribution in [0, 0.1) is 17.8 Å². The van der Waals surface area contributed by atoms with Crippen molar-refractivity contribution in [1.82, 2.24) is 0 Å². The van der Waals surface area contributed by atoms with E-state index in [0.29, 0.717) is 0 Å². The van der Waals surface area contributed by atoms with Crippen LogP contribution in [0.1, 0.15) is 33.6 Å². The van der Waals surface area contributed by atoms with Crippen LogP contribution in [-0.4, -0.2) is 24.1 Å². The second-order valence-electron chi connectivity index (χ2n) is 4.31. The predicted octanol–water partition coefficient (Wildman–Crippen LogP) is 1.37. The second kappa shape index (κ2) is 5.23. The first-order valence-electron chi connectivity index (χ1n) is 5.69. The first-order valence-corrected chi connectivity index (χ1v) is 5.69. The van der Waals surface area contributed by atoms with E-state index in [4.69, 9.17) is 4.74 Å². The molecule has 0 aromatic heterocycles. The van der Waals surface area contributed by atoms with E-state index in [2.05, 4.69) is 0 Å². The van der Waals surface area contributed by atoms with Gasteiger partial charge in [-0.1, -0.05) is 6.92 Å². The van der Waals surface area contributed by atoms with Gasteiger partial charge in [-0.3, -0.25) is 14.4 Å². The highest BCUT2D eigenvalue weighted by molar-refractivity contribution is 6.03. The fourth-order valence-electron chi connectivity index (χ4n) is 1.86. The number of ether oxygens (including phenoxy) is 1. The molecular weight excluding hydrogens is 208 g/mol. The zero-order chi connectivity index (χ0) is 12.3. The van der Waals surface area contributed by atoms with E-state index in [1.165, 1.54) is 6.92 Å². The van der Waals surface area contributed by atoms with Gasteiger partial charge in [0.15, 0.2) is 0 Å². The highest BCUT2D eigenvalue weighted by Crippen LogP contribution is 2.34. The van der Waals surface area contributed by atoms with Crippen LogP contribution in [-0.2, 0) is 19.1 Å². The number of carbonyl (C=O) groups excluding carboxylic acids is 3. The van der Waals surface area contributed by atoms with E-state index in [1.54, 1.807) is 13.8 Å². The van der Waals surface area contributed by atoms with Crippen LogP contribution in [0.15, 0.2) is 0 Å². The molecule has 0 bridgehead atoms. The normalized spacial score (nSPS) is 18.7. The van der Waals surface area contributed by atoms with Crippen LogP contribution in [0.5, 0.6) is 0 Å². The van der Waals surface area contributed by atoms with E-state index in [1.807, 2.05) is 0 Å². The van der Waals surface area contributed by atoms with Gasteiger partial charge in [0, 0.05) is 11.8 Å². The number of ketones is 2. The van der Waals surface area contributed by atoms with Crippen molar-refractivity contribution in [3.8, 4) is 0 Å². The van der Waals surface area contributed by atoms with Crippen molar-refractivity contribution in [3.05, 3.63) is 0 Å². The average molecular weight is 226 g/mol. The molecule has 1 rings (SSSR count). The number of carbonyl (C=O) groups is 3. The molecule has 0 saturated heterocycles. The summed E-state index contributed by atoms with van der Waals surface area (Å²) in [6.45, 7) is 4.89. The molecule has 0 spiro atoms. The van der Waals surface area contributed by atoms with Crippen LogP contribution in [0.25, 0.3) is 0 Å². The molecule has 1 fully saturated rings. The lowest BCUT2D eigenvalue weighted by molar-refractivity contribution is -0.155. The van der Waals surface area contributed by atoms with Gasteiger partial charge in [-0.15, -0.1) is 0 Å². The van der Waals surface area contributed by atoms with Crippen molar-refractivity contribution in [2.75, 3.05) is 6.61 Å². The summed E-state index contributed by atoms with van der Waals surface area (Å²) >= 11 is 0. The molecule has 0 N–H and O–H groups in total. The topological polar surface area (TPSA) is 60.4 Å². The molecule has 4 heteroatoms. The van der Waals surface area contributed by atoms with Crippen molar-refractivity contribution in [2.45, 2.75) is 33.6 Å². The van der Waals surface area contributed by atoms with Gasteiger partial charge in [0.2, 0.25) is 0 Å². The Labute approximate surface area is 95.3 Å². The SMILES string of the molecule is CCOC(=O)[C@H](C(C)=O)[C@@H](C)C(=O)C1CC1. The van der Waals surface area contributed by atoms with Gasteiger partial charge in [0.05, 0.1) is 6.61 Å². The van der Waals surface area contributed by atoms with Crippen molar-refractivity contribution in [3.63, 3.8) is 0 Å². The highest BCUT2D eigenvalue weighted by atomic mass is 16.5. The zero-order valence-electron chi connectivity index (χ0n) is 9.99. The molecule has 1 aliphatic carbocycles. The summed E-state index contributed by atoms with van der Waals surface area (Å²) in [4.78, 5) is 34.8. The molecule has 0 unspecified atom stereocenters. The third kappa shape index (κ3) is 2.90. The monoisotopic (exact) mass is 226 g/mol. The molecule has 0 radical (unpaired) electrons. The Morgan fingerprint density at radius 3 is 2.25 bits per heavy atom. The largest absolute Gasteiger partial charge is 0.465 e. The van der Waals surface area contributed by atoms with Crippen molar-refractivity contribution >= 4 is 17.5 Å². The number of esters is 1. The van der Waals surface area contributed by atoms with Crippen molar-refractivity contribution in [2.24, 2.45) is 17.8 Å². The minimum absolute atomic E-state index is 0.0215. The van der Waals surface area contributed by atoms with Crippen molar-refractivity contribution in [1.29, 1.82) is 0 Å². The van der Waals surface area contributed by atoms with E-state index in [-0.39, 0.29) is 24.1 Å². The van der Waals surface area contributed by atoms with Gasteiger partial charge in [0.25, 0.3) is 0 Å². The summed E-state index contributed by atoms with van der Waals surface area (Å²) in [7, 11) is 0. The van der Waals surface area contributed by atoms with Gasteiger partial charge >= 0.3 is 5.97 Å². The number of hydrogen-bond donors (Lipinski definition) is 0. The Hall–Kier alpha value is -1.19. The molecule has 4 nitrogen and oxygen atoms in total. The van der Waals surface area contributed by atoms with Gasteiger partial charge < -0.3 is 4.74 Å². The smallest absolute Gasteiger partial charge is 0.317 e. The van der Waals surface area contributed by atoms with E-state index in [0.717, 1.165) is 12.8 Å². The Morgan fingerprint density at radius 2 is 1.88 bits per heavy atom. The first-order chi connectivity index (χ1) is 7.49. The highest BCUT2D eigenvalue weighted by Gasteiger charge is 2.41. The fourth-order valence-corrected chi connectivity index (χ4v) is 1.86. The number of Topliss-reactive ketones (excluding diaryl/α,β-unsaturated/α-hetero) is 2. The Balaban J connectivity index is 2.71. The summed E-state index contributed by atoms with van der Waals surface area (Å²) < 4.78 is 4.82. The number of hydrogen-bond acceptors (Lipinski definition) is 4. The van der Waals surface area contributed by atoms with Gasteiger partial charge in [-0.2, -0.15) is 0 Å². The molecule has 16 heavy (non-hydrogen) atoms. The minimum Gasteiger partial charge on any atom is -0.465 e. The molecule has 0 aromatic rings. The molecule has 2 atom stereocenters. The molecule has 1 saturated carbocycles. The van der Waals surface area contributed by atoms with Gasteiger partial charge in [0.1, 0.15) is 17.5 Å². The minimum atomic E-state index is -0.923. The van der Waals surface area contributed by atoms with Gasteiger partial charge in [-0.05, 0) is 26.7 Å². The average Bonchev–Trinajstić information content (AvgIpc) is 2.99. The maximum Gasteiger partial charge on any atom is 0.317 e.